The number of aromatic nitrogens is 3. The van der Waals surface area contributed by atoms with E-state index in [0.29, 0.717) is 35.8 Å². The number of aryl methyl sites for hydroxylation is 1. The molecule has 66 heavy (non-hydrogen) atoms. The number of anilines is 2. The number of para-hydroxylation sites is 2. The molecule has 4 N–H and O–H groups in total. The van der Waals surface area contributed by atoms with Gasteiger partial charge in [0.15, 0.2) is 29.1 Å². The minimum Gasteiger partial charge on any atom is -0.479 e. The van der Waals surface area contributed by atoms with Crippen molar-refractivity contribution in [2.75, 3.05) is 10.0 Å². The van der Waals surface area contributed by atoms with Crippen LogP contribution in [-0.4, -0.2) is 54.2 Å². The van der Waals surface area contributed by atoms with Gasteiger partial charge in [-0.25, -0.2) is 24.2 Å². The summed E-state index contributed by atoms with van der Waals surface area (Å²) in [5.41, 5.74) is 2.93. The maximum Gasteiger partial charge on any atom is 0.417 e. The van der Waals surface area contributed by atoms with Crippen molar-refractivity contribution < 1.29 is 42.1 Å². The number of carboxylic acid groups (broad SMARTS) is 1. The number of fused-ring (bicyclic) bond motifs is 1. The molecule has 1 saturated carbocycles. The fraction of sp³-hybridized carbons (Fsp3) is 0.460. The number of aromatic amines is 1. The Morgan fingerprint density at radius 3 is 2.36 bits per heavy atom. The van der Waals surface area contributed by atoms with Gasteiger partial charge in [0.25, 0.3) is 0 Å². The zero-order valence-corrected chi connectivity index (χ0v) is 39.9. The van der Waals surface area contributed by atoms with Gasteiger partial charge in [0.05, 0.1) is 17.9 Å². The molecule has 1 aliphatic rings. The molecule has 6 rings (SSSR count). The number of aliphatic carboxylic acids is 1. The highest BCUT2D eigenvalue weighted by Crippen LogP contribution is 2.38. The molecule has 1 amide bonds. The van der Waals surface area contributed by atoms with Crippen LogP contribution < -0.4 is 23.7 Å². The number of carbonyl (C=O) groups excluding carboxylic acids is 2. The molecule has 0 saturated heterocycles. The van der Waals surface area contributed by atoms with E-state index in [0.717, 1.165) is 56.1 Å². The summed E-state index contributed by atoms with van der Waals surface area (Å²) in [5.74, 6) is -0.213. The Hall–Kier alpha value is -6.34. The van der Waals surface area contributed by atoms with Crippen LogP contribution in [0.2, 0.25) is 0 Å². The van der Waals surface area contributed by atoms with Crippen LogP contribution in [0.4, 0.5) is 21.9 Å². The number of esters is 1. The molecule has 1 fully saturated rings. The highest BCUT2D eigenvalue weighted by molar-refractivity contribution is 7.82. The van der Waals surface area contributed by atoms with Gasteiger partial charge in [-0.05, 0) is 97.2 Å². The van der Waals surface area contributed by atoms with E-state index in [1.165, 1.54) is 10.7 Å². The zero-order chi connectivity index (χ0) is 47.7. The molecule has 0 aliphatic heterocycles. The SMILES string of the molecule is [C-]#[N+]c1cn2[nH]c(-c3ccc(C)c(NS(=O)Oc4cc(C(C)(C)C)ccc4OC(=O)Nc4ccccc4OC(CCCCCCCC)C(=O)O)c3)nc2c1C(=O)OC1C(C)CC(C)CC1C. The van der Waals surface area contributed by atoms with Crippen LogP contribution in [0.3, 0.4) is 0 Å². The van der Waals surface area contributed by atoms with Gasteiger partial charge in [0, 0.05) is 11.8 Å². The minimum absolute atomic E-state index is 0.0208. The number of nitrogens with zero attached hydrogens (tertiary/aromatic N) is 3. The van der Waals surface area contributed by atoms with Crippen molar-refractivity contribution in [3.05, 3.63) is 95.0 Å². The fourth-order valence-electron chi connectivity index (χ4n) is 8.54. The molecular weight excluding hydrogens is 861 g/mol. The lowest BCUT2D eigenvalue weighted by atomic mass is 9.75. The smallest absolute Gasteiger partial charge is 0.417 e. The van der Waals surface area contributed by atoms with E-state index in [9.17, 15) is 23.7 Å². The summed E-state index contributed by atoms with van der Waals surface area (Å²) < 4.78 is 41.9. The number of unbranched alkanes of at least 4 members (excludes halogenated alkanes) is 5. The van der Waals surface area contributed by atoms with E-state index < -0.39 is 35.4 Å². The van der Waals surface area contributed by atoms with Crippen molar-refractivity contribution in [1.82, 2.24) is 14.6 Å². The standard InChI is InChI=1S/C50H62N6O9S/c1-10-11-12-13-14-15-20-41(47(57)58)62-39-19-17-16-18-36(39)52-49(60)63-40-24-23-35(50(6,7)8)28-42(40)65-66(61)55-37-27-34(22-21-31(37)3)45-53-46-43(38(51-9)29-56(46)54-45)48(59)64-44-32(4)25-30(2)26-33(44)5/h16-19,21-24,27-30,32-33,41,44,55H,10-15,20,25-26H2,1-8H3,(H,52,60)(H,53,54)(H,57,58). The van der Waals surface area contributed by atoms with E-state index in [4.69, 9.17) is 29.9 Å². The Balaban J connectivity index is 1.17. The summed E-state index contributed by atoms with van der Waals surface area (Å²) in [6.07, 6.45) is 7.46. The molecule has 3 aromatic carbocycles. The number of ether oxygens (including phenoxy) is 3. The van der Waals surface area contributed by atoms with E-state index in [2.05, 4.69) is 47.7 Å². The molecule has 4 unspecified atom stereocenters. The fourth-order valence-corrected chi connectivity index (χ4v) is 9.28. The second kappa shape index (κ2) is 21.8. The molecule has 5 aromatic rings. The van der Waals surface area contributed by atoms with Gasteiger partial charge in [-0.2, -0.15) is 4.21 Å². The largest absolute Gasteiger partial charge is 0.479 e. The topological polar surface area (TPSA) is 187 Å². The van der Waals surface area contributed by atoms with Crippen LogP contribution in [0.1, 0.15) is 128 Å². The highest BCUT2D eigenvalue weighted by atomic mass is 32.2. The first-order valence-electron chi connectivity index (χ1n) is 22.7. The molecule has 2 heterocycles. The first-order valence-corrected chi connectivity index (χ1v) is 23.8. The first kappa shape index (κ1) is 49.1. The van der Waals surface area contributed by atoms with Crippen LogP contribution in [0, 0.1) is 31.2 Å². The maximum atomic E-state index is 13.8. The van der Waals surface area contributed by atoms with E-state index in [-0.39, 0.29) is 63.2 Å². The van der Waals surface area contributed by atoms with Crippen LogP contribution in [-0.2, 0) is 26.2 Å². The lowest BCUT2D eigenvalue weighted by Crippen LogP contribution is -2.37. The third-order valence-electron chi connectivity index (χ3n) is 12.0. The molecule has 16 heteroatoms. The van der Waals surface area contributed by atoms with Gasteiger partial charge in [-0.1, -0.05) is 111 Å². The lowest BCUT2D eigenvalue weighted by Gasteiger charge is -2.37. The van der Waals surface area contributed by atoms with Crippen molar-refractivity contribution >= 4 is 52.0 Å². The van der Waals surface area contributed by atoms with Gasteiger partial charge in [-0.15, -0.1) is 0 Å². The van der Waals surface area contributed by atoms with Crippen molar-refractivity contribution in [2.24, 2.45) is 17.8 Å². The monoisotopic (exact) mass is 922 g/mol. The van der Waals surface area contributed by atoms with Gasteiger partial charge < -0.3 is 23.5 Å². The van der Waals surface area contributed by atoms with Crippen molar-refractivity contribution in [1.29, 1.82) is 0 Å². The zero-order valence-electron chi connectivity index (χ0n) is 39.1. The number of rotatable bonds is 19. The van der Waals surface area contributed by atoms with Crippen molar-refractivity contribution in [3.8, 4) is 28.6 Å². The van der Waals surface area contributed by atoms with Crippen LogP contribution in [0.15, 0.2) is 66.9 Å². The lowest BCUT2D eigenvalue weighted by molar-refractivity contribution is -0.145. The number of benzene rings is 3. The van der Waals surface area contributed by atoms with Gasteiger partial charge in [-0.3, -0.25) is 19.7 Å². The number of nitrogens with one attached hydrogen (secondary N) is 3. The predicted molar refractivity (Wildman–Crippen MR) is 256 cm³/mol. The molecular formula is C50H62N6O9S. The number of amides is 1. The van der Waals surface area contributed by atoms with Crippen LogP contribution in [0.5, 0.6) is 17.2 Å². The average Bonchev–Trinajstić information content (AvgIpc) is 3.82. The van der Waals surface area contributed by atoms with Gasteiger partial charge >= 0.3 is 29.3 Å². The third-order valence-corrected chi connectivity index (χ3v) is 12.7. The summed E-state index contributed by atoms with van der Waals surface area (Å²) in [6.45, 7) is 24.1. The molecule has 0 spiro atoms. The average molecular weight is 923 g/mol. The van der Waals surface area contributed by atoms with E-state index in [1.807, 2.05) is 39.8 Å². The number of carboxylic acids is 1. The predicted octanol–water partition coefficient (Wildman–Crippen LogP) is 12.0. The molecule has 2 aromatic heterocycles. The summed E-state index contributed by atoms with van der Waals surface area (Å²) >= 11 is -2.22. The molecule has 0 radical (unpaired) electrons. The van der Waals surface area contributed by atoms with E-state index in [1.54, 1.807) is 48.5 Å². The molecule has 1 aliphatic carbocycles. The Morgan fingerprint density at radius 2 is 1.67 bits per heavy atom. The minimum atomic E-state index is -2.22. The molecule has 352 valence electrons. The first-order chi connectivity index (χ1) is 31.4. The Kier molecular flexibility index (Phi) is 16.2. The number of carbonyl (C=O) groups is 3. The van der Waals surface area contributed by atoms with Crippen LogP contribution in [0.25, 0.3) is 21.9 Å². The quantitative estimate of drug-likeness (QED) is 0.0353. The summed E-state index contributed by atoms with van der Waals surface area (Å²) in [7, 11) is 0. The Labute approximate surface area is 389 Å². The summed E-state index contributed by atoms with van der Waals surface area (Å²) in [6, 6.07) is 16.9. The normalized spacial score (nSPS) is 18.2. The van der Waals surface area contributed by atoms with Crippen molar-refractivity contribution in [2.45, 2.75) is 131 Å². The third kappa shape index (κ3) is 12.3. The molecule has 15 nitrogen and oxygen atoms in total. The Bertz CT molecular complexity index is 2580. The number of hydrogen-bond acceptors (Lipinski definition) is 9. The highest BCUT2D eigenvalue weighted by Gasteiger charge is 2.36. The van der Waals surface area contributed by atoms with E-state index >= 15 is 0 Å². The molecule has 4 atom stereocenters. The summed E-state index contributed by atoms with van der Waals surface area (Å²) in [5, 5.41) is 15.7. The van der Waals surface area contributed by atoms with Gasteiger partial charge in [0.1, 0.15) is 17.4 Å². The second-order valence-corrected chi connectivity index (χ2v) is 19.4. The van der Waals surface area contributed by atoms with Gasteiger partial charge in [0.2, 0.25) is 5.69 Å². The molecule has 0 bridgehead atoms. The number of H-pyrrole nitrogens is 1. The Morgan fingerprint density at radius 1 is 0.955 bits per heavy atom. The van der Waals surface area contributed by atoms with Crippen LogP contribution >= 0.6 is 0 Å². The maximum absolute atomic E-state index is 13.8. The van der Waals surface area contributed by atoms with Crippen molar-refractivity contribution in [3.63, 3.8) is 0 Å². The number of hydrogen-bond donors (Lipinski definition) is 4. The summed E-state index contributed by atoms with van der Waals surface area (Å²) in [4.78, 5) is 47.6. The second-order valence-electron chi connectivity index (χ2n) is 18.5.